The van der Waals surface area contributed by atoms with Crippen LogP contribution in [0.5, 0.6) is 5.75 Å². The molecule has 0 atom stereocenters. The van der Waals surface area contributed by atoms with E-state index in [1.54, 1.807) is 0 Å². The van der Waals surface area contributed by atoms with Gasteiger partial charge in [0.2, 0.25) is 0 Å². The number of carboxylic acid groups (broad SMARTS) is 1. The van der Waals surface area contributed by atoms with Crippen molar-refractivity contribution in [1.29, 1.82) is 0 Å². The largest absolute Gasteiger partial charge is 0.508 e. The quantitative estimate of drug-likeness (QED) is 0.564. The van der Waals surface area contributed by atoms with Gasteiger partial charge in [-0.15, -0.1) is 12.4 Å². The number of phenols is 1. The normalized spacial score (nSPS) is 11.0. The Bertz CT molecular complexity index is 960. The highest BCUT2D eigenvalue weighted by atomic mass is 35.5. The summed E-state index contributed by atoms with van der Waals surface area (Å²) in [4.78, 5) is 15.2. The van der Waals surface area contributed by atoms with Gasteiger partial charge >= 0.3 is 12.1 Å². The molecule has 0 spiro atoms. The average Bonchev–Trinajstić information content (AvgIpc) is 2.55. The number of nitrogens with one attached hydrogen (secondary N) is 1. The Morgan fingerprint density at radius 2 is 1.73 bits per heavy atom. The van der Waals surface area contributed by atoms with Crippen LogP contribution in [0.1, 0.15) is 15.9 Å². The average molecular weight is 385 g/mol. The van der Waals surface area contributed by atoms with Gasteiger partial charge in [-0.25, -0.2) is 4.79 Å². The zero-order valence-electron chi connectivity index (χ0n) is 12.9. The van der Waals surface area contributed by atoms with Crippen molar-refractivity contribution < 1.29 is 28.2 Å². The van der Waals surface area contributed by atoms with Crippen LogP contribution in [-0.4, -0.2) is 21.2 Å². The maximum Gasteiger partial charge on any atom is 0.418 e. The van der Waals surface area contributed by atoms with Gasteiger partial charge in [-0.2, -0.15) is 13.2 Å². The topological polar surface area (TPSA) is 82.5 Å². The Hall–Kier alpha value is -3.00. The fourth-order valence-electron chi connectivity index (χ4n) is 2.44. The summed E-state index contributed by atoms with van der Waals surface area (Å²) in [5.74, 6) is -1.32. The summed E-state index contributed by atoms with van der Waals surface area (Å²) in [5.41, 5.74) is -1.16. The molecule has 26 heavy (non-hydrogen) atoms. The number of para-hydroxylation sites is 1. The number of alkyl halides is 3. The van der Waals surface area contributed by atoms with E-state index in [0.717, 1.165) is 12.3 Å². The van der Waals surface area contributed by atoms with Crippen LogP contribution in [0.25, 0.3) is 10.9 Å². The molecule has 5 nitrogen and oxygen atoms in total. The van der Waals surface area contributed by atoms with E-state index in [2.05, 4.69) is 10.3 Å². The second-order valence-electron chi connectivity index (χ2n) is 5.22. The van der Waals surface area contributed by atoms with E-state index in [-0.39, 0.29) is 40.3 Å². The summed E-state index contributed by atoms with van der Waals surface area (Å²) in [5, 5.41) is 21.5. The Morgan fingerprint density at radius 1 is 1.08 bits per heavy atom. The monoisotopic (exact) mass is 384 g/mol. The van der Waals surface area contributed by atoms with Gasteiger partial charge in [-0.05, 0) is 30.3 Å². The summed E-state index contributed by atoms with van der Waals surface area (Å²) in [6.45, 7) is 0. The van der Waals surface area contributed by atoms with E-state index in [4.69, 9.17) is 0 Å². The Balaban J connectivity index is 0.00000243. The minimum Gasteiger partial charge on any atom is -0.508 e. The number of halogens is 4. The van der Waals surface area contributed by atoms with Gasteiger partial charge in [0.25, 0.3) is 0 Å². The molecular formula is C17H12ClF3N2O3. The van der Waals surface area contributed by atoms with Crippen molar-refractivity contribution in [3.63, 3.8) is 0 Å². The second kappa shape index (κ2) is 7.09. The Morgan fingerprint density at radius 3 is 2.31 bits per heavy atom. The number of pyridine rings is 1. The van der Waals surface area contributed by atoms with Crippen LogP contribution in [0.3, 0.4) is 0 Å². The zero-order chi connectivity index (χ0) is 18.2. The molecule has 9 heteroatoms. The van der Waals surface area contributed by atoms with E-state index in [1.165, 1.54) is 36.4 Å². The molecule has 0 bridgehead atoms. The van der Waals surface area contributed by atoms with Gasteiger partial charge in [0, 0.05) is 17.3 Å². The number of benzene rings is 2. The van der Waals surface area contributed by atoms with E-state index >= 15 is 0 Å². The van der Waals surface area contributed by atoms with Crippen molar-refractivity contribution in [3.05, 3.63) is 59.8 Å². The molecule has 2 aromatic carbocycles. The maximum absolute atomic E-state index is 13.2. The number of nitrogens with zero attached hydrogens (tertiary/aromatic N) is 1. The second-order valence-corrected chi connectivity index (χ2v) is 5.22. The summed E-state index contributed by atoms with van der Waals surface area (Å²) in [6.07, 6.45) is -3.73. The number of hydrogen-bond donors (Lipinski definition) is 3. The fourth-order valence-corrected chi connectivity index (χ4v) is 2.44. The Labute approximate surface area is 151 Å². The molecule has 0 unspecified atom stereocenters. The molecule has 0 saturated carbocycles. The smallest absolute Gasteiger partial charge is 0.418 e. The summed E-state index contributed by atoms with van der Waals surface area (Å²) >= 11 is 0. The highest BCUT2D eigenvalue weighted by Gasteiger charge is 2.34. The highest BCUT2D eigenvalue weighted by Crippen LogP contribution is 2.37. The molecule has 3 N–H and O–H groups in total. The van der Waals surface area contributed by atoms with Crippen LogP contribution in [0.15, 0.2) is 48.7 Å². The van der Waals surface area contributed by atoms with E-state index < -0.39 is 17.7 Å². The lowest BCUT2D eigenvalue weighted by Crippen LogP contribution is -2.09. The first kappa shape index (κ1) is 19.3. The number of phenolic OH excluding ortho intramolecular Hbond substituents is 1. The van der Waals surface area contributed by atoms with E-state index in [9.17, 15) is 28.2 Å². The number of carbonyl (C=O) groups is 1. The first-order valence-electron chi connectivity index (χ1n) is 7.05. The van der Waals surface area contributed by atoms with Crippen molar-refractivity contribution in [2.24, 2.45) is 0 Å². The lowest BCUT2D eigenvalue weighted by atomic mass is 10.0. The van der Waals surface area contributed by atoms with Gasteiger partial charge in [-0.3, -0.25) is 4.98 Å². The lowest BCUT2D eigenvalue weighted by Gasteiger charge is -2.15. The summed E-state index contributed by atoms with van der Waals surface area (Å²) in [7, 11) is 0. The van der Waals surface area contributed by atoms with E-state index in [1.807, 2.05) is 0 Å². The minimum absolute atomic E-state index is 0. The third-order valence-electron chi connectivity index (χ3n) is 3.57. The van der Waals surface area contributed by atoms with E-state index in [0.29, 0.717) is 5.69 Å². The predicted molar refractivity (Wildman–Crippen MR) is 92.3 cm³/mol. The van der Waals surface area contributed by atoms with Crippen molar-refractivity contribution in [1.82, 2.24) is 4.98 Å². The summed E-state index contributed by atoms with van der Waals surface area (Å²) in [6, 6.07) is 9.13. The molecule has 1 heterocycles. The molecule has 0 saturated heterocycles. The number of hydrogen-bond acceptors (Lipinski definition) is 4. The third kappa shape index (κ3) is 3.65. The molecule has 136 valence electrons. The molecule has 0 radical (unpaired) electrons. The van der Waals surface area contributed by atoms with Crippen molar-refractivity contribution in [2.75, 3.05) is 5.32 Å². The van der Waals surface area contributed by atoms with Gasteiger partial charge in [0.1, 0.15) is 11.3 Å². The minimum atomic E-state index is -4.62. The number of fused-ring (bicyclic) bond motifs is 1. The molecule has 0 aliphatic carbocycles. The number of anilines is 2. The predicted octanol–water partition coefficient (Wildman–Crippen LogP) is 4.82. The number of aromatic nitrogens is 1. The highest BCUT2D eigenvalue weighted by molar-refractivity contribution is 6.06. The molecule has 0 aliphatic heterocycles. The van der Waals surface area contributed by atoms with Crippen LogP contribution in [-0.2, 0) is 6.18 Å². The SMILES string of the molecule is Cl.O=C(O)c1cnc2c(C(F)(F)F)cccc2c1Nc1ccc(O)cc1. The van der Waals surface area contributed by atoms with Crippen LogP contribution in [0.4, 0.5) is 24.5 Å². The standard InChI is InChI=1S/C17H11F3N2O3.ClH/c18-17(19,20)13-3-1-2-11-14(12(16(24)25)8-21-15(11)13)22-9-4-6-10(23)7-5-9;/h1-8,23H,(H,21,22)(H,24,25);1H. The van der Waals surface area contributed by atoms with Crippen molar-refractivity contribution in [2.45, 2.75) is 6.18 Å². The first-order chi connectivity index (χ1) is 11.8. The Kier molecular flexibility index (Phi) is 5.27. The van der Waals surface area contributed by atoms with Crippen LogP contribution < -0.4 is 5.32 Å². The van der Waals surface area contributed by atoms with Crippen LogP contribution in [0, 0.1) is 0 Å². The molecule has 3 aromatic rings. The summed E-state index contributed by atoms with van der Waals surface area (Å²) < 4.78 is 39.5. The van der Waals surface area contributed by atoms with Crippen LogP contribution >= 0.6 is 12.4 Å². The maximum atomic E-state index is 13.2. The van der Waals surface area contributed by atoms with Gasteiger partial charge in [0.15, 0.2) is 0 Å². The van der Waals surface area contributed by atoms with Crippen molar-refractivity contribution in [3.8, 4) is 5.75 Å². The molecule has 0 amide bonds. The molecule has 0 fully saturated rings. The lowest BCUT2D eigenvalue weighted by molar-refractivity contribution is -0.136. The zero-order valence-corrected chi connectivity index (χ0v) is 13.7. The van der Waals surface area contributed by atoms with Gasteiger partial charge in [-0.1, -0.05) is 12.1 Å². The number of aromatic hydroxyl groups is 1. The molecule has 0 aliphatic rings. The van der Waals surface area contributed by atoms with Gasteiger partial charge in [0.05, 0.1) is 16.8 Å². The molecule has 3 rings (SSSR count). The van der Waals surface area contributed by atoms with Gasteiger partial charge < -0.3 is 15.5 Å². The molecule has 1 aromatic heterocycles. The number of aromatic carboxylic acids is 1. The van der Waals surface area contributed by atoms with Crippen molar-refractivity contribution >= 4 is 40.7 Å². The fraction of sp³-hybridized carbons (Fsp3) is 0.0588. The van der Waals surface area contributed by atoms with Crippen LogP contribution in [0.2, 0.25) is 0 Å². The third-order valence-corrected chi connectivity index (χ3v) is 3.57. The first-order valence-corrected chi connectivity index (χ1v) is 7.05. The number of rotatable bonds is 3. The molecular weight excluding hydrogens is 373 g/mol. The number of carboxylic acids is 1.